The van der Waals surface area contributed by atoms with Crippen LogP contribution in [0.3, 0.4) is 0 Å². The van der Waals surface area contributed by atoms with Crippen molar-refractivity contribution < 1.29 is 19.1 Å². The lowest BCUT2D eigenvalue weighted by molar-refractivity contribution is -0.136. The Hall–Kier alpha value is -2.54. The van der Waals surface area contributed by atoms with Crippen molar-refractivity contribution in [3.05, 3.63) is 40.9 Å². The standard InChI is InChI=1S/C20H26ClN3O4/c1-20(2,3)28-19(27)22-14-18(26)24-11-9-23(10-12-24)17(25)8-7-15-5-4-6-16(21)13-15/h4-8,13H,9-12,14H2,1-3H3,(H,22,27)/b8-7+. The number of amides is 3. The molecule has 0 unspecified atom stereocenters. The molecule has 0 aromatic heterocycles. The Bertz CT molecular complexity index is 750. The van der Waals surface area contributed by atoms with Crippen molar-refractivity contribution in [2.24, 2.45) is 0 Å². The molecule has 2 rings (SSSR count). The zero-order chi connectivity index (χ0) is 20.7. The topological polar surface area (TPSA) is 79.0 Å². The van der Waals surface area contributed by atoms with Gasteiger partial charge < -0.3 is 19.9 Å². The third kappa shape index (κ3) is 7.23. The Kier molecular flexibility index (Phi) is 7.45. The quantitative estimate of drug-likeness (QED) is 0.778. The van der Waals surface area contributed by atoms with Gasteiger partial charge in [-0.3, -0.25) is 9.59 Å². The number of hydrogen-bond donors (Lipinski definition) is 1. The highest BCUT2D eigenvalue weighted by molar-refractivity contribution is 6.30. The van der Waals surface area contributed by atoms with E-state index in [2.05, 4.69) is 5.32 Å². The van der Waals surface area contributed by atoms with Crippen LogP contribution in [0.15, 0.2) is 30.3 Å². The SMILES string of the molecule is CC(C)(C)OC(=O)NCC(=O)N1CCN(C(=O)/C=C/c2cccc(Cl)c2)CC1. The molecule has 0 aliphatic carbocycles. The van der Waals surface area contributed by atoms with E-state index < -0.39 is 11.7 Å². The number of benzene rings is 1. The normalized spacial score (nSPS) is 14.9. The molecule has 8 heteroatoms. The second-order valence-electron chi connectivity index (χ2n) is 7.45. The van der Waals surface area contributed by atoms with Crippen LogP contribution in [0, 0.1) is 0 Å². The van der Waals surface area contributed by atoms with E-state index in [4.69, 9.17) is 16.3 Å². The van der Waals surface area contributed by atoms with Gasteiger partial charge in [0.05, 0.1) is 0 Å². The number of nitrogens with one attached hydrogen (secondary N) is 1. The lowest BCUT2D eigenvalue weighted by atomic mass is 10.2. The monoisotopic (exact) mass is 407 g/mol. The Morgan fingerprint density at radius 3 is 2.39 bits per heavy atom. The van der Waals surface area contributed by atoms with Crippen LogP contribution in [-0.4, -0.2) is 66.0 Å². The van der Waals surface area contributed by atoms with Gasteiger partial charge in [-0.15, -0.1) is 0 Å². The summed E-state index contributed by atoms with van der Waals surface area (Å²) in [7, 11) is 0. The molecule has 3 amide bonds. The van der Waals surface area contributed by atoms with Crippen molar-refractivity contribution >= 4 is 35.6 Å². The summed E-state index contributed by atoms with van der Waals surface area (Å²) in [5.74, 6) is -0.314. The Labute approximate surface area is 170 Å². The highest BCUT2D eigenvalue weighted by atomic mass is 35.5. The van der Waals surface area contributed by atoms with Gasteiger partial charge in [0.15, 0.2) is 0 Å². The molecule has 0 saturated carbocycles. The number of halogens is 1. The van der Waals surface area contributed by atoms with Gasteiger partial charge >= 0.3 is 6.09 Å². The second kappa shape index (κ2) is 9.59. The molecule has 1 saturated heterocycles. The molecule has 1 fully saturated rings. The first-order valence-corrected chi connectivity index (χ1v) is 9.49. The summed E-state index contributed by atoms with van der Waals surface area (Å²) in [6.07, 6.45) is 2.60. The van der Waals surface area contributed by atoms with Gasteiger partial charge in [-0.05, 0) is 44.5 Å². The number of rotatable bonds is 4. The molecule has 1 N–H and O–H groups in total. The van der Waals surface area contributed by atoms with E-state index >= 15 is 0 Å². The van der Waals surface area contributed by atoms with E-state index in [1.807, 2.05) is 12.1 Å². The van der Waals surface area contributed by atoms with Crippen LogP contribution in [-0.2, 0) is 14.3 Å². The van der Waals surface area contributed by atoms with Crippen molar-refractivity contribution in [1.29, 1.82) is 0 Å². The predicted octanol–water partition coefficient (Wildman–Crippen LogP) is 2.55. The number of piperazine rings is 1. The molecule has 7 nitrogen and oxygen atoms in total. The van der Waals surface area contributed by atoms with Gasteiger partial charge in [0.2, 0.25) is 11.8 Å². The van der Waals surface area contributed by atoms with E-state index in [-0.39, 0.29) is 18.4 Å². The van der Waals surface area contributed by atoms with Gasteiger partial charge in [0, 0.05) is 37.3 Å². The molecular weight excluding hydrogens is 382 g/mol. The van der Waals surface area contributed by atoms with E-state index in [9.17, 15) is 14.4 Å². The second-order valence-corrected chi connectivity index (χ2v) is 7.89. The summed E-state index contributed by atoms with van der Waals surface area (Å²) in [5, 5.41) is 3.07. The van der Waals surface area contributed by atoms with Gasteiger partial charge in [-0.25, -0.2) is 4.79 Å². The average molecular weight is 408 g/mol. The first kappa shape index (κ1) is 21.8. The molecule has 1 aromatic carbocycles. The third-order valence-corrected chi connectivity index (χ3v) is 4.23. The molecule has 0 atom stereocenters. The minimum Gasteiger partial charge on any atom is -0.444 e. The number of nitrogens with zero attached hydrogens (tertiary/aromatic N) is 2. The van der Waals surface area contributed by atoms with Crippen LogP contribution >= 0.6 is 11.6 Å². The lowest BCUT2D eigenvalue weighted by Crippen LogP contribution is -2.52. The molecule has 1 aromatic rings. The largest absolute Gasteiger partial charge is 0.444 e. The van der Waals surface area contributed by atoms with E-state index in [1.165, 1.54) is 6.08 Å². The van der Waals surface area contributed by atoms with Gasteiger partial charge in [-0.2, -0.15) is 0 Å². The number of carbonyl (C=O) groups is 3. The highest BCUT2D eigenvalue weighted by Crippen LogP contribution is 2.12. The van der Waals surface area contributed by atoms with Crippen LogP contribution in [0.2, 0.25) is 5.02 Å². The van der Waals surface area contributed by atoms with E-state index in [1.54, 1.807) is 48.8 Å². The van der Waals surface area contributed by atoms with Crippen molar-refractivity contribution in [2.45, 2.75) is 26.4 Å². The number of alkyl carbamates (subject to hydrolysis) is 1. The lowest BCUT2D eigenvalue weighted by Gasteiger charge is -2.34. The number of carbonyl (C=O) groups excluding carboxylic acids is 3. The minimum atomic E-state index is -0.624. The molecule has 1 aliphatic rings. The maximum Gasteiger partial charge on any atom is 0.408 e. The van der Waals surface area contributed by atoms with Crippen molar-refractivity contribution in [3.63, 3.8) is 0 Å². The van der Waals surface area contributed by atoms with E-state index in [0.717, 1.165) is 5.56 Å². The first-order chi connectivity index (χ1) is 13.1. The summed E-state index contributed by atoms with van der Waals surface area (Å²) in [6.45, 7) is 6.87. The van der Waals surface area contributed by atoms with Crippen molar-refractivity contribution in [2.75, 3.05) is 32.7 Å². The average Bonchev–Trinajstić information content (AvgIpc) is 2.63. The third-order valence-electron chi connectivity index (χ3n) is 3.99. The summed E-state index contributed by atoms with van der Waals surface area (Å²) in [6, 6.07) is 7.24. The molecule has 0 radical (unpaired) electrons. The zero-order valence-electron chi connectivity index (χ0n) is 16.4. The molecule has 1 heterocycles. The first-order valence-electron chi connectivity index (χ1n) is 9.11. The van der Waals surface area contributed by atoms with Gasteiger partial charge in [-0.1, -0.05) is 23.7 Å². The predicted molar refractivity (Wildman–Crippen MR) is 108 cm³/mol. The fourth-order valence-corrected chi connectivity index (χ4v) is 2.83. The Morgan fingerprint density at radius 1 is 1.14 bits per heavy atom. The summed E-state index contributed by atoms with van der Waals surface area (Å²) in [5.41, 5.74) is 0.237. The van der Waals surface area contributed by atoms with Crippen molar-refractivity contribution in [1.82, 2.24) is 15.1 Å². The number of hydrogen-bond acceptors (Lipinski definition) is 4. The fraction of sp³-hybridized carbons (Fsp3) is 0.450. The van der Waals surface area contributed by atoms with E-state index in [0.29, 0.717) is 31.2 Å². The minimum absolute atomic E-state index is 0.112. The molecule has 0 spiro atoms. The smallest absolute Gasteiger partial charge is 0.408 e. The molecule has 28 heavy (non-hydrogen) atoms. The summed E-state index contributed by atoms with van der Waals surface area (Å²) < 4.78 is 5.11. The fourth-order valence-electron chi connectivity index (χ4n) is 2.63. The van der Waals surface area contributed by atoms with Crippen LogP contribution in [0.1, 0.15) is 26.3 Å². The molecule has 152 valence electrons. The Morgan fingerprint density at radius 2 is 1.79 bits per heavy atom. The van der Waals surface area contributed by atoms with Crippen LogP contribution in [0.25, 0.3) is 6.08 Å². The zero-order valence-corrected chi connectivity index (χ0v) is 17.2. The molecule has 0 bridgehead atoms. The maximum absolute atomic E-state index is 12.3. The van der Waals surface area contributed by atoms with Crippen molar-refractivity contribution in [3.8, 4) is 0 Å². The van der Waals surface area contributed by atoms with Crippen LogP contribution < -0.4 is 5.32 Å². The maximum atomic E-state index is 12.3. The van der Waals surface area contributed by atoms with Gasteiger partial charge in [0.25, 0.3) is 0 Å². The Balaban J connectivity index is 1.76. The summed E-state index contributed by atoms with van der Waals surface area (Å²) >= 11 is 5.93. The van der Waals surface area contributed by atoms with Gasteiger partial charge in [0.1, 0.15) is 12.1 Å². The number of ether oxygens (including phenoxy) is 1. The molecular formula is C20H26ClN3O4. The van der Waals surface area contributed by atoms with Crippen LogP contribution in [0.5, 0.6) is 0 Å². The highest BCUT2D eigenvalue weighted by Gasteiger charge is 2.24. The van der Waals surface area contributed by atoms with Crippen LogP contribution in [0.4, 0.5) is 4.79 Å². The summed E-state index contributed by atoms with van der Waals surface area (Å²) in [4.78, 5) is 39.5. The molecule has 1 aliphatic heterocycles.